The first kappa shape index (κ1) is 12.9. The Balaban J connectivity index is 1.38. The number of nitrogens with one attached hydrogen (secondary N) is 2. The fraction of sp³-hybridized carbons (Fsp3) is 0.571. The van der Waals surface area contributed by atoms with Gasteiger partial charge in [0.2, 0.25) is 0 Å². The van der Waals surface area contributed by atoms with E-state index in [1.807, 2.05) is 11.8 Å². The van der Waals surface area contributed by atoms with Crippen molar-refractivity contribution >= 4 is 11.8 Å². The zero-order valence-electron chi connectivity index (χ0n) is 10.3. The normalized spacial score (nSPS) is 15.1. The highest BCUT2D eigenvalue weighted by Crippen LogP contribution is 2.18. The summed E-state index contributed by atoms with van der Waals surface area (Å²) in [5, 5.41) is 7.02. The summed E-state index contributed by atoms with van der Waals surface area (Å²) in [6.45, 7) is 3.40. The van der Waals surface area contributed by atoms with Gasteiger partial charge in [-0.05, 0) is 44.5 Å². The van der Waals surface area contributed by atoms with E-state index in [4.69, 9.17) is 0 Å². The average Bonchev–Trinajstić information content (AvgIpc) is 3.18. The second kappa shape index (κ2) is 7.75. The van der Waals surface area contributed by atoms with Crippen LogP contribution in [0.5, 0.6) is 0 Å². The summed E-state index contributed by atoms with van der Waals surface area (Å²) in [6, 6.07) is 11.5. The van der Waals surface area contributed by atoms with Crippen molar-refractivity contribution in [2.45, 2.75) is 30.2 Å². The summed E-state index contributed by atoms with van der Waals surface area (Å²) >= 11 is 1.92. The van der Waals surface area contributed by atoms with Gasteiger partial charge in [0.25, 0.3) is 0 Å². The first-order valence-electron chi connectivity index (χ1n) is 6.57. The lowest BCUT2D eigenvalue weighted by Gasteiger charge is -2.05. The van der Waals surface area contributed by atoms with Crippen molar-refractivity contribution in [1.82, 2.24) is 10.6 Å². The van der Waals surface area contributed by atoms with Gasteiger partial charge in [-0.3, -0.25) is 0 Å². The van der Waals surface area contributed by atoms with Crippen LogP contribution >= 0.6 is 11.8 Å². The van der Waals surface area contributed by atoms with Gasteiger partial charge in [-0.2, -0.15) is 0 Å². The van der Waals surface area contributed by atoms with E-state index in [0.29, 0.717) is 0 Å². The molecule has 0 unspecified atom stereocenters. The van der Waals surface area contributed by atoms with Crippen LogP contribution in [0.3, 0.4) is 0 Å². The van der Waals surface area contributed by atoms with Crippen molar-refractivity contribution < 1.29 is 0 Å². The molecule has 1 aliphatic carbocycles. The predicted octanol–water partition coefficient (Wildman–Crippen LogP) is 2.51. The second-order valence-electron chi connectivity index (χ2n) is 4.49. The molecule has 1 aromatic rings. The van der Waals surface area contributed by atoms with Crippen molar-refractivity contribution in [2.24, 2.45) is 0 Å². The molecule has 0 spiro atoms. The molecule has 1 fully saturated rings. The van der Waals surface area contributed by atoms with Crippen LogP contribution in [-0.2, 0) is 0 Å². The van der Waals surface area contributed by atoms with Crippen LogP contribution in [-0.4, -0.2) is 31.4 Å². The molecule has 2 nitrogen and oxygen atoms in total. The maximum absolute atomic E-state index is 3.53. The third-order valence-corrected chi connectivity index (χ3v) is 3.85. The lowest BCUT2D eigenvalue weighted by Crippen LogP contribution is -2.24. The van der Waals surface area contributed by atoms with Gasteiger partial charge in [0, 0.05) is 23.2 Å². The number of hydrogen-bond acceptors (Lipinski definition) is 3. The average molecular weight is 250 g/mol. The number of benzene rings is 1. The van der Waals surface area contributed by atoms with Gasteiger partial charge in [-0.1, -0.05) is 18.2 Å². The van der Waals surface area contributed by atoms with Gasteiger partial charge in [-0.15, -0.1) is 11.8 Å². The van der Waals surface area contributed by atoms with Crippen LogP contribution in [0.4, 0.5) is 0 Å². The molecular formula is C14H22N2S. The minimum absolute atomic E-state index is 0.851. The van der Waals surface area contributed by atoms with Crippen molar-refractivity contribution in [1.29, 1.82) is 0 Å². The number of hydrogen-bond donors (Lipinski definition) is 2. The summed E-state index contributed by atoms with van der Waals surface area (Å²) in [5.74, 6) is 1.15. The Hall–Kier alpha value is -0.510. The zero-order valence-corrected chi connectivity index (χ0v) is 11.1. The van der Waals surface area contributed by atoms with Gasteiger partial charge in [0.15, 0.2) is 0 Å². The lowest BCUT2D eigenvalue weighted by molar-refractivity contribution is 0.605. The van der Waals surface area contributed by atoms with Crippen LogP contribution in [0.1, 0.15) is 19.3 Å². The highest BCUT2D eigenvalue weighted by Gasteiger charge is 2.19. The van der Waals surface area contributed by atoms with E-state index in [2.05, 4.69) is 41.0 Å². The summed E-state index contributed by atoms with van der Waals surface area (Å²) < 4.78 is 0. The van der Waals surface area contributed by atoms with Crippen LogP contribution in [0.25, 0.3) is 0 Å². The van der Waals surface area contributed by atoms with E-state index in [1.54, 1.807) is 0 Å². The molecule has 0 aromatic heterocycles. The predicted molar refractivity (Wildman–Crippen MR) is 75.7 cm³/mol. The van der Waals surface area contributed by atoms with E-state index >= 15 is 0 Å². The largest absolute Gasteiger partial charge is 0.316 e. The van der Waals surface area contributed by atoms with E-state index in [1.165, 1.54) is 30.7 Å². The summed E-state index contributed by atoms with van der Waals surface area (Å²) in [5.41, 5.74) is 0. The zero-order chi connectivity index (χ0) is 11.8. The highest BCUT2D eigenvalue weighted by atomic mass is 32.2. The summed E-state index contributed by atoms with van der Waals surface area (Å²) in [6.07, 6.45) is 4.02. The van der Waals surface area contributed by atoms with Crippen molar-refractivity contribution in [3.8, 4) is 0 Å². The lowest BCUT2D eigenvalue weighted by atomic mass is 10.4. The highest BCUT2D eigenvalue weighted by molar-refractivity contribution is 7.99. The molecule has 0 radical (unpaired) electrons. The maximum atomic E-state index is 3.53. The molecule has 1 aliphatic rings. The molecule has 0 atom stereocenters. The molecule has 0 saturated heterocycles. The van der Waals surface area contributed by atoms with Crippen molar-refractivity contribution in [3.63, 3.8) is 0 Å². The van der Waals surface area contributed by atoms with Crippen LogP contribution in [0, 0.1) is 0 Å². The van der Waals surface area contributed by atoms with Crippen molar-refractivity contribution in [2.75, 3.05) is 25.4 Å². The monoisotopic (exact) mass is 250 g/mol. The molecule has 2 N–H and O–H groups in total. The number of thioether (sulfide) groups is 1. The Morgan fingerprint density at radius 1 is 1.06 bits per heavy atom. The quantitative estimate of drug-likeness (QED) is 0.520. The first-order chi connectivity index (χ1) is 8.45. The Kier molecular flexibility index (Phi) is 5.89. The van der Waals surface area contributed by atoms with E-state index in [-0.39, 0.29) is 0 Å². The topological polar surface area (TPSA) is 24.1 Å². The SMILES string of the molecule is c1ccc(SCCNCCCNC2CC2)cc1. The molecule has 0 amide bonds. The van der Waals surface area contributed by atoms with E-state index in [9.17, 15) is 0 Å². The Morgan fingerprint density at radius 2 is 1.88 bits per heavy atom. The molecule has 17 heavy (non-hydrogen) atoms. The fourth-order valence-corrected chi connectivity index (χ4v) is 2.52. The second-order valence-corrected chi connectivity index (χ2v) is 5.66. The molecule has 0 aliphatic heterocycles. The van der Waals surface area contributed by atoms with Crippen molar-refractivity contribution in [3.05, 3.63) is 30.3 Å². The first-order valence-corrected chi connectivity index (χ1v) is 7.55. The molecule has 94 valence electrons. The number of rotatable bonds is 9. The molecule has 2 rings (SSSR count). The third-order valence-electron chi connectivity index (χ3n) is 2.83. The minimum Gasteiger partial charge on any atom is -0.316 e. The van der Waals surface area contributed by atoms with Gasteiger partial charge in [-0.25, -0.2) is 0 Å². The van der Waals surface area contributed by atoms with Gasteiger partial charge >= 0.3 is 0 Å². The Labute approximate surface area is 109 Å². The molecular weight excluding hydrogens is 228 g/mol. The van der Waals surface area contributed by atoms with Crippen LogP contribution in [0.15, 0.2) is 35.2 Å². The van der Waals surface area contributed by atoms with Crippen LogP contribution < -0.4 is 10.6 Å². The molecule has 1 aromatic carbocycles. The molecule has 3 heteroatoms. The van der Waals surface area contributed by atoms with Gasteiger partial charge in [0.1, 0.15) is 0 Å². The van der Waals surface area contributed by atoms with E-state index < -0.39 is 0 Å². The smallest absolute Gasteiger partial charge is 0.0106 e. The van der Waals surface area contributed by atoms with Crippen LogP contribution in [0.2, 0.25) is 0 Å². The summed E-state index contributed by atoms with van der Waals surface area (Å²) in [4.78, 5) is 1.37. The molecule has 1 saturated carbocycles. The van der Waals surface area contributed by atoms with Gasteiger partial charge in [0.05, 0.1) is 0 Å². The Bertz CT molecular complexity index is 298. The van der Waals surface area contributed by atoms with E-state index in [0.717, 1.165) is 24.9 Å². The maximum Gasteiger partial charge on any atom is 0.0106 e. The fourth-order valence-electron chi connectivity index (χ4n) is 1.69. The minimum atomic E-state index is 0.851. The van der Waals surface area contributed by atoms with Gasteiger partial charge < -0.3 is 10.6 Å². The summed E-state index contributed by atoms with van der Waals surface area (Å²) in [7, 11) is 0. The third kappa shape index (κ3) is 6.10. The molecule has 0 bridgehead atoms. The molecule has 0 heterocycles. The Morgan fingerprint density at radius 3 is 2.65 bits per heavy atom. The standard InChI is InChI=1S/C14H22N2S/c1-2-5-14(6-3-1)17-12-11-15-9-4-10-16-13-7-8-13/h1-3,5-6,13,15-16H,4,7-12H2.